The first-order chi connectivity index (χ1) is 7.18. The molecule has 82 valence electrons. The average Bonchev–Trinajstić information content (AvgIpc) is 2.99. The van der Waals surface area contributed by atoms with Gasteiger partial charge in [-0.25, -0.2) is 0 Å². The molecule has 1 saturated carbocycles. The van der Waals surface area contributed by atoms with Crippen molar-refractivity contribution in [3.8, 4) is 0 Å². The van der Waals surface area contributed by atoms with Crippen molar-refractivity contribution in [2.45, 2.75) is 19.8 Å². The molecule has 0 aliphatic heterocycles. The van der Waals surface area contributed by atoms with Gasteiger partial charge in [-0.3, -0.25) is 0 Å². The Morgan fingerprint density at radius 2 is 2.27 bits per heavy atom. The van der Waals surface area contributed by atoms with Crippen LogP contribution in [0.1, 0.15) is 19.8 Å². The third-order valence-corrected chi connectivity index (χ3v) is 3.39. The summed E-state index contributed by atoms with van der Waals surface area (Å²) in [6.07, 6.45) is 2.75. The molecule has 0 bridgehead atoms. The van der Waals surface area contributed by atoms with E-state index in [2.05, 4.69) is 12.2 Å². The van der Waals surface area contributed by atoms with E-state index >= 15 is 0 Å². The quantitative estimate of drug-likeness (QED) is 0.770. The minimum Gasteiger partial charge on any atom is -0.397 e. The van der Waals surface area contributed by atoms with Gasteiger partial charge in [0.15, 0.2) is 0 Å². The van der Waals surface area contributed by atoms with E-state index in [9.17, 15) is 0 Å². The van der Waals surface area contributed by atoms with Gasteiger partial charge in [0.05, 0.1) is 16.4 Å². The first-order valence-corrected chi connectivity index (χ1v) is 5.84. The molecule has 1 aromatic rings. The first-order valence-electron chi connectivity index (χ1n) is 5.46. The van der Waals surface area contributed by atoms with Crippen LogP contribution >= 0.6 is 11.6 Å². The predicted octanol–water partition coefficient (Wildman–Crippen LogP) is 3.38. The summed E-state index contributed by atoms with van der Waals surface area (Å²) in [4.78, 5) is 0. The lowest BCUT2D eigenvalue weighted by atomic mass is 10.1. The van der Waals surface area contributed by atoms with E-state index in [1.165, 1.54) is 12.8 Å². The monoisotopic (exact) mass is 224 g/mol. The molecule has 1 fully saturated rings. The number of nitrogen functional groups attached to an aromatic ring is 1. The lowest BCUT2D eigenvalue weighted by Gasteiger charge is -2.15. The maximum Gasteiger partial charge on any atom is 0.0763 e. The molecule has 0 radical (unpaired) electrons. The standard InChI is InChI=1S/C12H17ClN2/c1-8(9-5-6-9)7-15-12-10(13)3-2-4-11(12)14/h2-4,8-9,15H,5-7,14H2,1H3. The van der Waals surface area contributed by atoms with E-state index in [1.807, 2.05) is 18.2 Å². The van der Waals surface area contributed by atoms with Crippen LogP contribution in [0.2, 0.25) is 5.02 Å². The second-order valence-corrected chi connectivity index (χ2v) is 4.81. The van der Waals surface area contributed by atoms with Crippen LogP contribution in [0.3, 0.4) is 0 Å². The fourth-order valence-corrected chi connectivity index (χ4v) is 2.07. The number of nitrogens with two attached hydrogens (primary N) is 1. The summed E-state index contributed by atoms with van der Waals surface area (Å²) in [6, 6.07) is 5.60. The number of halogens is 1. The van der Waals surface area contributed by atoms with Crippen LogP contribution in [0.5, 0.6) is 0 Å². The van der Waals surface area contributed by atoms with E-state index in [0.717, 1.165) is 23.8 Å². The Bertz CT molecular complexity index is 327. The number of hydrogen-bond acceptors (Lipinski definition) is 2. The predicted molar refractivity (Wildman–Crippen MR) is 66.2 cm³/mol. The van der Waals surface area contributed by atoms with E-state index in [1.54, 1.807) is 0 Å². The van der Waals surface area contributed by atoms with Crippen molar-refractivity contribution < 1.29 is 0 Å². The van der Waals surface area contributed by atoms with Crippen LogP contribution < -0.4 is 11.1 Å². The van der Waals surface area contributed by atoms with Crippen LogP contribution in [0.25, 0.3) is 0 Å². The highest BCUT2D eigenvalue weighted by molar-refractivity contribution is 6.33. The van der Waals surface area contributed by atoms with Gasteiger partial charge >= 0.3 is 0 Å². The van der Waals surface area contributed by atoms with E-state index in [0.29, 0.717) is 10.9 Å². The smallest absolute Gasteiger partial charge is 0.0763 e. The average molecular weight is 225 g/mol. The molecule has 1 unspecified atom stereocenters. The van der Waals surface area contributed by atoms with Crippen molar-refractivity contribution in [1.82, 2.24) is 0 Å². The maximum absolute atomic E-state index is 6.07. The molecule has 2 nitrogen and oxygen atoms in total. The molecule has 0 amide bonds. The largest absolute Gasteiger partial charge is 0.397 e. The summed E-state index contributed by atoms with van der Waals surface area (Å²) in [5, 5.41) is 4.05. The first kappa shape index (κ1) is 10.6. The summed E-state index contributed by atoms with van der Waals surface area (Å²) in [6.45, 7) is 3.23. The third-order valence-electron chi connectivity index (χ3n) is 3.07. The van der Waals surface area contributed by atoms with Gasteiger partial charge in [0.25, 0.3) is 0 Å². The normalized spacial score (nSPS) is 17.5. The second-order valence-electron chi connectivity index (χ2n) is 4.40. The van der Waals surface area contributed by atoms with Crippen LogP contribution in [-0.2, 0) is 0 Å². The molecule has 1 atom stereocenters. The van der Waals surface area contributed by atoms with E-state index in [4.69, 9.17) is 17.3 Å². The SMILES string of the molecule is CC(CNc1c(N)cccc1Cl)C1CC1. The van der Waals surface area contributed by atoms with Crippen molar-refractivity contribution in [3.05, 3.63) is 23.2 Å². The highest BCUT2D eigenvalue weighted by atomic mass is 35.5. The molecule has 0 spiro atoms. The van der Waals surface area contributed by atoms with Gasteiger partial charge in [0.1, 0.15) is 0 Å². The van der Waals surface area contributed by atoms with Crippen molar-refractivity contribution in [3.63, 3.8) is 0 Å². The molecule has 15 heavy (non-hydrogen) atoms. The Balaban J connectivity index is 1.97. The minimum absolute atomic E-state index is 0.706. The summed E-state index contributed by atoms with van der Waals surface area (Å²) >= 11 is 6.07. The molecule has 0 heterocycles. The zero-order chi connectivity index (χ0) is 10.8. The van der Waals surface area contributed by atoms with Gasteiger partial charge < -0.3 is 11.1 Å². The summed E-state index contributed by atoms with van der Waals surface area (Å²) in [5.41, 5.74) is 7.46. The number of nitrogens with one attached hydrogen (secondary N) is 1. The lowest BCUT2D eigenvalue weighted by Crippen LogP contribution is -2.14. The maximum atomic E-state index is 6.07. The highest BCUT2D eigenvalue weighted by Crippen LogP contribution is 2.37. The topological polar surface area (TPSA) is 38.0 Å². The van der Waals surface area contributed by atoms with Crippen molar-refractivity contribution in [2.24, 2.45) is 11.8 Å². The Labute approximate surface area is 95.8 Å². The minimum atomic E-state index is 0.706. The molecule has 3 heteroatoms. The third kappa shape index (κ3) is 2.57. The number of anilines is 2. The molecule has 3 N–H and O–H groups in total. The number of benzene rings is 1. The molecule has 2 rings (SSSR count). The molecular formula is C12H17ClN2. The summed E-state index contributed by atoms with van der Waals surface area (Å²) < 4.78 is 0. The van der Waals surface area contributed by atoms with Gasteiger partial charge in [0.2, 0.25) is 0 Å². The summed E-state index contributed by atoms with van der Waals surface area (Å²) in [5.74, 6) is 1.61. The highest BCUT2D eigenvalue weighted by Gasteiger charge is 2.27. The van der Waals surface area contributed by atoms with Crippen molar-refractivity contribution in [2.75, 3.05) is 17.6 Å². The van der Waals surface area contributed by atoms with Gasteiger partial charge in [0, 0.05) is 6.54 Å². The Morgan fingerprint density at radius 3 is 2.87 bits per heavy atom. The fraction of sp³-hybridized carbons (Fsp3) is 0.500. The zero-order valence-electron chi connectivity index (χ0n) is 8.96. The molecular weight excluding hydrogens is 208 g/mol. The Kier molecular flexibility index (Phi) is 3.06. The van der Waals surface area contributed by atoms with E-state index in [-0.39, 0.29) is 0 Å². The molecule has 1 aromatic carbocycles. The summed E-state index contributed by atoms with van der Waals surface area (Å²) in [7, 11) is 0. The molecule has 1 aliphatic rings. The van der Waals surface area contributed by atoms with Crippen molar-refractivity contribution >= 4 is 23.0 Å². The molecule has 0 aromatic heterocycles. The number of hydrogen-bond donors (Lipinski definition) is 2. The molecule has 0 saturated heterocycles. The Morgan fingerprint density at radius 1 is 1.53 bits per heavy atom. The van der Waals surface area contributed by atoms with Gasteiger partial charge in [-0.05, 0) is 36.8 Å². The van der Waals surface area contributed by atoms with Gasteiger partial charge in [-0.2, -0.15) is 0 Å². The van der Waals surface area contributed by atoms with Crippen LogP contribution in [-0.4, -0.2) is 6.54 Å². The molecule has 1 aliphatic carbocycles. The fourth-order valence-electron chi connectivity index (χ4n) is 1.82. The second kappa shape index (κ2) is 4.31. The van der Waals surface area contributed by atoms with E-state index < -0.39 is 0 Å². The number of rotatable bonds is 4. The van der Waals surface area contributed by atoms with Crippen molar-refractivity contribution in [1.29, 1.82) is 0 Å². The Hall–Kier alpha value is -0.890. The lowest BCUT2D eigenvalue weighted by molar-refractivity contribution is 0.537. The zero-order valence-corrected chi connectivity index (χ0v) is 9.72. The van der Waals surface area contributed by atoms with Gasteiger partial charge in [-0.15, -0.1) is 0 Å². The van der Waals surface area contributed by atoms with Crippen LogP contribution in [0.15, 0.2) is 18.2 Å². The number of para-hydroxylation sites is 1. The van der Waals surface area contributed by atoms with Crippen LogP contribution in [0.4, 0.5) is 11.4 Å². The van der Waals surface area contributed by atoms with Crippen LogP contribution in [0, 0.1) is 11.8 Å². The van der Waals surface area contributed by atoms with Gasteiger partial charge in [-0.1, -0.05) is 24.6 Å².